The summed E-state index contributed by atoms with van der Waals surface area (Å²) in [7, 11) is 0. The number of para-hydroxylation sites is 1. The molecule has 2 aromatic carbocycles. The molecular weight excluding hydrogens is 342 g/mol. The lowest BCUT2D eigenvalue weighted by Gasteiger charge is -2.42. The average molecular weight is 361 g/mol. The highest BCUT2D eigenvalue weighted by atomic mass is 32.2. The van der Waals surface area contributed by atoms with Crippen LogP contribution in [0, 0.1) is 18.3 Å². The van der Waals surface area contributed by atoms with E-state index < -0.39 is 0 Å². The third-order valence-corrected chi connectivity index (χ3v) is 6.13. The summed E-state index contributed by atoms with van der Waals surface area (Å²) < 4.78 is 0. The van der Waals surface area contributed by atoms with E-state index in [0.29, 0.717) is 13.1 Å². The Morgan fingerprint density at radius 2 is 1.85 bits per heavy atom. The van der Waals surface area contributed by atoms with Crippen molar-refractivity contribution in [3.63, 3.8) is 0 Å². The Kier molecular flexibility index (Phi) is 4.44. The SMILES string of the molecule is Cc1ccccc1[C@H]1CC(=O)N2CN(c3ccccc3)CSC2=C1C#N. The van der Waals surface area contributed by atoms with Crippen LogP contribution in [0.2, 0.25) is 0 Å². The summed E-state index contributed by atoms with van der Waals surface area (Å²) >= 11 is 1.58. The number of nitriles is 1. The molecule has 0 unspecified atom stereocenters. The zero-order valence-corrected chi connectivity index (χ0v) is 15.4. The van der Waals surface area contributed by atoms with Gasteiger partial charge in [0.25, 0.3) is 0 Å². The van der Waals surface area contributed by atoms with Gasteiger partial charge in [0.2, 0.25) is 5.91 Å². The number of anilines is 1. The summed E-state index contributed by atoms with van der Waals surface area (Å²) in [5.74, 6) is 0.672. The normalized spacial score (nSPS) is 20.0. The molecule has 0 N–H and O–H groups in total. The van der Waals surface area contributed by atoms with Crippen LogP contribution in [-0.4, -0.2) is 23.4 Å². The van der Waals surface area contributed by atoms with Crippen molar-refractivity contribution < 1.29 is 4.79 Å². The lowest BCUT2D eigenvalue weighted by Crippen LogP contribution is -2.47. The second kappa shape index (κ2) is 6.89. The van der Waals surface area contributed by atoms with Gasteiger partial charge in [-0.15, -0.1) is 0 Å². The second-order valence-electron chi connectivity index (χ2n) is 6.56. The summed E-state index contributed by atoms with van der Waals surface area (Å²) in [6.07, 6.45) is 0.348. The van der Waals surface area contributed by atoms with E-state index in [-0.39, 0.29) is 11.8 Å². The van der Waals surface area contributed by atoms with Gasteiger partial charge in [0, 0.05) is 18.0 Å². The van der Waals surface area contributed by atoms with Crippen LogP contribution < -0.4 is 4.90 Å². The van der Waals surface area contributed by atoms with Crippen molar-refractivity contribution in [1.82, 2.24) is 4.90 Å². The molecular formula is C21H19N3OS. The maximum absolute atomic E-state index is 12.9. The minimum atomic E-state index is -0.143. The van der Waals surface area contributed by atoms with Crippen LogP contribution in [0.4, 0.5) is 5.69 Å². The number of hydrogen-bond acceptors (Lipinski definition) is 4. The Labute approximate surface area is 157 Å². The number of thioether (sulfide) groups is 1. The molecule has 0 aromatic heterocycles. The zero-order chi connectivity index (χ0) is 18.1. The van der Waals surface area contributed by atoms with Crippen molar-refractivity contribution in [2.24, 2.45) is 0 Å². The van der Waals surface area contributed by atoms with E-state index in [0.717, 1.165) is 33.3 Å². The van der Waals surface area contributed by atoms with Crippen molar-refractivity contribution in [3.05, 3.63) is 76.3 Å². The van der Waals surface area contributed by atoms with Gasteiger partial charge in [0.1, 0.15) is 0 Å². The number of nitrogens with zero attached hydrogens (tertiary/aromatic N) is 3. The lowest BCUT2D eigenvalue weighted by atomic mass is 9.84. The van der Waals surface area contributed by atoms with Crippen LogP contribution in [0.25, 0.3) is 0 Å². The highest BCUT2D eigenvalue weighted by Crippen LogP contribution is 2.43. The number of rotatable bonds is 2. The first-order chi connectivity index (χ1) is 12.7. The van der Waals surface area contributed by atoms with Crippen LogP contribution in [-0.2, 0) is 4.79 Å². The van der Waals surface area contributed by atoms with Crippen LogP contribution in [0.5, 0.6) is 0 Å². The predicted molar refractivity (Wildman–Crippen MR) is 104 cm³/mol. The van der Waals surface area contributed by atoms with Crippen LogP contribution in [0.3, 0.4) is 0 Å². The number of allylic oxidation sites excluding steroid dienone is 1. The molecule has 0 radical (unpaired) electrons. The first kappa shape index (κ1) is 16.7. The van der Waals surface area contributed by atoms with E-state index in [2.05, 4.69) is 11.0 Å². The molecule has 0 saturated carbocycles. The van der Waals surface area contributed by atoms with E-state index in [1.807, 2.05) is 61.5 Å². The number of aryl methyl sites for hydroxylation is 1. The molecule has 0 spiro atoms. The number of fused-ring (bicyclic) bond motifs is 1. The summed E-state index contributed by atoms with van der Waals surface area (Å²) in [5.41, 5.74) is 4.01. The highest BCUT2D eigenvalue weighted by molar-refractivity contribution is 8.03. The van der Waals surface area contributed by atoms with E-state index in [9.17, 15) is 10.1 Å². The van der Waals surface area contributed by atoms with Gasteiger partial charge in [-0.05, 0) is 30.2 Å². The summed E-state index contributed by atoms with van der Waals surface area (Å²) in [4.78, 5) is 16.8. The fourth-order valence-corrected chi connectivity index (χ4v) is 4.78. The van der Waals surface area contributed by atoms with Gasteiger partial charge < -0.3 is 4.90 Å². The second-order valence-corrected chi connectivity index (χ2v) is 7.49. The molecule has 0 bridgehead atoms. The third-order valence-electron chi connectivity index (χ3n) is 4.98. The molecule has 4 rings (SSSR count). The number of carbonyl (C=O) groups is 1. The Hall–Kier alpha value is -2.71. The summed E-state index contributed by atoms with van der Waals surface area (Å²) in [6.45, 7) is 2.54. The molecule has 26 heavy (non-hydrogen) atoms. The van der Waals surface area contributed by atoms with Gasteiger partial charge in [-0.2, -0.15) is 5.26 Å². The first-order valence-corrected chi connectivity index (χ1v) is 9.60. The number of amides is 1. The van der Waals surface area contributed by atoms with Crippen molar-refractivity contribution >= 4 is 23.4 Å². The van der Waals surface area contributed by atoms with E-state index >= 15 is 0 Å². The molecule has 130 valence electrons. The smallest absolute Gasteiger partial charge is 0.229 e. The van der Waals surface area contributed by atoms with E-state index in [1.54, 1.807) is 16.7 Å². The molecule has 2 heterocycles. The molecule has 2 aliphatic rings. The van der Waals surface area contributed by atoms with Crippen LogP contribution in [0.15, 0.2) is 65.2 Å². The van der Waals surface area contributed by atoms with Crippen molar-refractivity contribution in [2.75, 3.05) is 17.4 Å². The molecule has 2 aliphatic heterocycles. The highest BCUT2D eigenvalue weighted by Gasteiger charge is 2.38. The van der Waals surface area contributed by atoms with Gasteiger partial charge >= 0.3 is 0 Å². The number of carbonyl (C=O) groups excluding carboxylic acids is 1. The fraction of sp³-hybridized carbons (Fsp3) is 0.238. The average Bonchev–Trinajstić information content (AvgIpc) is 2.69. The van der Waals surface area contributed by atoms with Crippen molar-refractivity contribution in [2.45, 2.75) is 19.3 Å². The molecule has 1 atom stereocenters. The maximum atomic E-state index is 12.9. The van der Waals surface area contributed by atoms with Crippen LogP contribution >= 0.6 is 11.8 Å². The number of benzene rings is 2. The topological polar surface area (TPSA) is 47.3 Å². The largest absolute Gasteiger partial charge is 0.344 e. The Bertz CT molecular complexity index is 916. The summed E-state index contributed by atoms with van der Waals surface area (Å²) in [5, 5.41) is 10.7. The Morgan fingerprint density at radius 1 is 1.12 bits per heavy atom. The monoisotopic (exact) mass is 361 g/mol. The lowest BCUT2D eigenvalue weighted by molar-refractivity contribution is -0.129. The molecule has 5 heteroatoms. The van der Waals surface area contributed by atoms with Gasteiger partial charge in [-0.3, -0.25) is 9.69 Å². The predicted octanol–water partition coefficient (Wildman–Crippen LogP) is 4.21. The minimum Gasteiger partial charge on any atom is -0.344 e. The quantitative estimate of drug-likeness (QED) is 0.804. The fourth-order valence-electron chi connectivity index (χ4n) is 3.61. The van der Waals surface area contributed by atoms with E-state index in [4.69, 9.17) is 0 Å². The van der Waals surface area contributed by atoms with Gasteiger partial charge in [0.05, 0.1) is 29.2 Å². The van der Waals surface area contributed by atoms with Gasteiger partial charge in [-0.25, -0.2) is 0 Å². The first-order valence-electron chi connectivity index (χ1n) is 8.62. The molecule has 0 aliphatic carbocycles. The zero-order valence-electron chi connectivity index (χ0n) is 14.6. The molecule has 1 fully saturated rings. The minimum absolute atomic E-state index is 0.0837. The number of hydrogen-bond donors (Lipinski definition) is 0. The standard InChI is InChI=1S/C21H19N3OS/c1-15-7-5-6-10-17(15)18-11-20(25)24-13-23(16-8-3-2-4-9-16)14-26-21(24)19(18)12-22/h2-10,18H,11,13-14H2,1H3/t18-/m1/s1. The molecule has 1 saturated heterocycles. The van der Waals surface area contributed by atoms with Crippen molar-refractivity contribution in [3.8, 4) is 6.07 Å². The van der Waals surface area contributed by atoms with Gasteiger partial charge in [-0.1, -0.05) is 54.2 Å². The third kappa shape index (κ3) is 2.87. The molecule has 2 aromatic rings. The van der Waals surface area contributed by atoms with Crippen LogP contribution in [0.1, 0.15) is 23.5 Å². The Morgan fingerprint density at radius 3 is 2.58 bits per heavy atom. The summed E-state index contributed by atoms with van der Waals surface area (Å²) in [6, 6.07) is 20.5. The maximum Gasteiger partial charge on any atom is 0.229 e. The molecule has 1 amide bonds. The molecule has 4 nitrogen and oxygen atoms in total. The van der Waals surface area contributed by atoms with Crippen molar-refractivity contribution in [1.29, 1.82) is 5.26 Å². The Balaban J connectivity index is 1.70. The van der Waals surface area contributed by atoms with Gasteiger partial charge in [0.15, 0.2) is 0 Å². The van der Waals surface area contributed by atoms with E-state index in [1.165, 1.54) is 0 Å².